The van der Waals surface area contributed by atoms with Crippen LogP contribution in [0.2, 0.25) is 0 Å². The molecule has 0 saturated carbocycles. The van der Waals surface area contributed by atoms with E-state index in [2.05, 4.69) is 5.32 Å². The maximum atomic E-state index is 11.9. The van der Waals surface area contributed by atoms with Crippen LogP contribution in [0.3, 0.4) is 0 Å². The van der Waals surface area contributed by atoms with Gasteiger partial charge in [0.05, 0.1) is 11.0 Å². The Morgan fingerprint density at radius 2 is 1.74 bits per heavy atom. The number of hydrogen-bond acceptors (Lipinski definition) is 4. The summed E-state index contributed by atoms with van der Waals surface area (Å²) >= 11 is 0. The van der Waals surface area contributed by atoms with Crippen LogP contribution in [0.25, 0.3) is 0 Å². The topological polar surface area (TPSA) is 83.6 Å². The first-order valence-corrected chi connectivity index (χ1v) is 8.27. The van der Waals surface area contributed by atoms with E-state index in [1.165, 1.54) is 4.90 Å². The van der Waals surface area contributed by atoms with Crippen molar-refractivity contribution in [3.8, 4) is 0 Å². The van der Waals surface area contributed by atoms with Crippen LogP contribution in [-0.4, -0.2) is 48.3 Å². The normalized spacial score (nSPS) is 19.1. The third kappa shape index (κ3) is 2.75. The SMILES string of the molecule is CCC1(CC)C(=O)NC(=O)N1CCS(=O)(=O)C(C)C. The summed E-state index contributed by atoms with van der Waals surface area (Å²) in [5, 5.41) is 1.80. The molecule has 1 aliphatic heterocycles. The average Bonchev–Trinajstić information content (AvgIpc) is 2.57. The maximum absolute atomic E-state index is 11.9. The van der Waals surface area contributed by atoms with Gasteiger partial charge in [-0.1, -0.05) is 13.8 Å². The molecule has 0 aromatic rings. The predicted molar refractivity (Wildman–Crippen MR) is 72.5 cm³/mol. The Balaban J connectivity index is 2.92. The summed E-state index contributed by atoms with van der Waals surface area (Å²) in [7, 11) is -3.23. The summed E-state index contributed by atoms with van der Waals surface area (Å²) in [4.78, 5) is 25.1. The number of nitrogens with zero attached hydrogens (tertiary/aromatic N) is 1. The molecule has 110 valence electrons. The third-order valence-electron chi connectivity index (χ3n) is 3.89. The van der Waals surface area contributed by atoms with E-state index in [9.17, 15) is 18.0 Å². The van der Waals surface area contributed by atoms with Gasteiger partial charge < -0.3 is 4.90 Å². The molecule has 0 spiro atoms. The number of sulfone groups is 1. The number of hydrogen-bond donors (Lipinski definition) is 1. The molecule has 7 heteroatoms. The van der Waals surface area contributed by atoms with Gasteiger partial charge in [-0.15, -0.1) is 0 Å². The molecule has 1 rings (SSSR count). The minimum absolute atomic E-state index is 0.0553. The van der Waals surface area contributed by atoms with E-state index in [0.717, 1.165) is 0 Å². The summed E-state index contributed by atoms with van der Waals surface area (Å²) in [5.41, 5.74) is -0.899. The number of carbonyl (C=O) groups excluding carboxylic acids is 2. The van der Waals surface area contributed by atoms with E-state index >= 15 is 0 Å². The summed E-state index contributed by atoms with van der Waals surface area (Å²) in [6.07, 6.45) is 0.950. The highest BCUT2D eigenvalue weighted by molar-refractivity contribution is 7.92. The van der Waals surface area contributed by atoms with E-state index < -0.39 is 26.7 Å². The van der Waals surface area contributed by atoms with E-state index in [4.69, 9.17) is 0 Å². The van der Waals surface area contributed by atoms with Crippen molar-refractivity contribution in [2.75, 3.05) is 12.3 Å². The first-order valence-electron chi connectivity index (χ1n) is 6.56. The second kappa shape index (κ2) is 5.48. The van der Waals surface area contributed by atoms with Crippen molar-refractivity contribution >= 4 is 21.8 Å². The fourth-order valence-corrected chi connectivity index (χ4v) is 3.23. The van der Waals surface area contributed by atoms with Crippen LogP contribution in [0, 0.1) is 0 Å². The molecule has 1 N–H and O–H groups in total. The molecule has 1 fully saturated rings. The number of urea groups is 1. The van der Waals surface area contributed by atoms with E-state index in [0.29, 0.717) is 12.8 Å². The molecule has 0 aromatic carbocycles. The largest absolute Gasteiger partial charge is 0.325 e. The minimum Gasteiger partial charge on any atom is -0.309 e. The van der Waals surface area contributed by atoms with Gasteiger partial charge in [-0.05, 0) is 26.7 Å². The molecule has 1 heterocycles. The highest BCUT2D eigenvalue weighted by Gasteiger charge is 2.50. The van der Waals surface area contributed by atoms with Crippen molar-refractivity contribution in [1.29, 1.82) is 0 Å². The van der Waals surface area contributed by atoms with Gasteiger partial charge in [0.1, 0.15) is 5.54 Å². The Labute approximate surface area is 114 Å². The lowest BCUT2D eigenvalue weighted by Crippen LogP contribution is -2.50. The lowest BCUT2D eigenvalue weighted by Gasteiger charge is -2.33. The van der Waals surface area contributed by atoms with E-state index in [1.807, 2.05) is 13.8 Å². The Morgan fingerprint density at radius 1 is 1.21 bits per heavy atom. The fourth-order valence-electron chi connectivity index (χ4n) is 2.32. The first kappa shape index (κ1) is 15.9. The van der Waals surface area contributed by atoms with Crippen molar-refractivity contribution in [1.82, 2.24) is 10.2 Å². The van der Waals surface area contributed by atoms with Crippen LogP contribution < -0.4 is 5.32 Å². The summed E-state index contributed by atoms with van der Waals surface area (Å²) in [6, 6.07) is -0.493. The average molecular weight is 290 g/mol. The first-order chi connectivity index (χ1) is 8.71. The van der Waals surface area contributed by atoms with Crippen LogP contribution in [0.1, 0.15) is 40.5 Å². The molecule has 6 nitrogen and oxygen atoms in total. The number of amides is 3. The lowest BCUT2D eigenvalue weighted by molar-refractivity contribution is -0.126. The Bertz CT molecular complexity index is 466. The molecule has 3 amide bonds. The van der Waals surface area contributed by atoms with Crippen LogP contribution in [-0.2, 0) is 14.6 Å². The summed E-state index contributed by atoms with van der Waals surface area (Å²) < 4.78 is 23.6. The maximum Gasteiger partial charge on any atom is 0.325 e. The quantitative estimate of drug-likeness (QED) is 0.737. The molecule has 0 radical (unpaired) electrons. The van der Waals surface area contributed by atoms with Gasteiger partial charge in [0.2, 0.25) is 0 Å². The van der Waals surface area contributed by atoms with Gasteiger partial charge in [-0.25, -0.2) is 13.2 Å². The molecule has 19 heavy (non-hydrogen) atoms. The van der Waals surface area contributed by atoms with Crippen molar-refractivity contribution in [3.05, 3.63) is 0 Å². The van der Waals surface area contributed by atoms with Crippen LogP contribution >= 0.6 is 0 Å². The third-order valence-corrected chi connectivity index (χ3v) is 6.08. The van der Waals surface area contributed by atoms with E-state index in [1.54, 1.807) is 13.8 Å². The molecular formula is C12H22N2O4S. The van der Waals surface area contributed by atoms with Gasteiger partial charge >= 0.3 is 6.03 Å². The Kier molecular flexibility index (Phi) is 4.60. The number of carbonyl (C=O) groups is 2. The standard InChI is InChI=1S/C12H22N2O4S/c1-5-12(6-2)10(15)13-11(16)14(12)7-8-19(17,18)9(3)4/h9H,5-8H2,1-4H3,(H,13,15,16). The lowest BCUT2D eigenvalue weighted by atomic mass is 9.91. The molecule has 0 unspecified atom stereocenters. The van der Waals surface area contributed by atoms with Gasteiger partial charge in [-0.2, -0.15) is 0 Å². The van der Waals surface area contributed by atoms with Crippen molar-refractivity contribution in [2.24, 2.45) is 0 Å². The van der Waals surface area contributed by atoms with Crippen molar-refractivity contribution < 1.29 is 18.0 Å². The molecular weight excluding hydrogens is 268 g/mol. The Morgan fingerprint density at radius 3 is 2.16 bits per heavy atom. The summed E-state index contributed by atoms with van der Waals surface area (Å²) in [6.45, 7) is 6.92. The molecule has 1 saturated heterocycles. The van der Waals surface area contributed by atoms with Gasteiger partial charge in [0, 0.05) is 6.54 Å². The zero-order valence-electron chi connectivity index (χ0n) is 11.9. The van der Waals surface area contributed by atoms with Crippen molar-refractivity contribution in [3.63, 3.8) is 0 Å². The predicted octanol–water partition coefficient (Wildman–Crippen LogP) is 0.920. The Hall–Kier alpha value is -1.11. The van der Waals surface area contributed by atoms with E-state index in [-0.39, 0.29) is 18.2 Å². The smallest absolute Gasteiger partial charge is 0.309 e. The molecule has 0 aromatic heterocycles. The minimum atomic E-state index is -3.23. The zero-order chi connectivity index (χ0) is 14.8. The van der Waals surface area contributed by atoms with Crippen LogP contribution in [0.5, 0.6) is 0 Å². The van der Waals surface area contributed by atoms with Gasteiger partial charge in [0.15, 0.2) is 9.84 Å². The summed E-state index contributed by atoms with van der Waals surface area (Å²) in [5.74, 6) is -0.447. The zero-order valence-corrected chi connectivity index (χ0v) is 12.7. The molecule has 0 atom stereocenters. The number of imide groups is 1. The highest BCUT2D eigenvalue weighted by atomic mass is 32.2. The second-order valence-corrected chi connectivity index (χ2v) is 7.74. The molecule has 0 aliphatic carbocycles. The number of nitrogens with one attached hydrogen (secondary N) is 1. The second-order valence-electron chi connectivity index (χ2n) is 5.07. The van der Waals surface area contributed by atoms with Gasteiger partial charge in [-0.3, -0.25) is 10.1 Å². The molecule has 0 bridgehead atoms. The van der Waals surface area contributed by atoms with Crippen molar-refractivity contribution in [2.45, 2.75) is 51.3 Å². The van der Waals surface area contributed by atoms with Gasteiger partial charge in [0.25, 0.3) is 5.91 Å². The molecule has 1 aliphatic rings. The highest BCUT2D eigenvalue weighted by Crippen LogP contribution is 2.29. The number of rotatable bonds is 6. The fraction of sp³-hybridized carbons (Fsp3) is 0.833. The van der Waals surface area contributed by atoms with Crippen LogP contribution in [0.15, 0.2) is 0 Å². The monoisotopic (exact) mass is 290 g/mol. The van der Waals surface area contributed by atoms with Crippen LogP contribution in [0.4, 0.5) is 4.79 Å².